The zero-order chi connectivity index (χ0) is 15.4. The minimum absolute atomic E-state index is 0.457. The van der Waals surface area contributed by atoms with Gasteiger partial charge in [0.1, 0.15) is 22.1 Å². The van der Waals surface area contributed by atoms with Crippen LogP contribution in [0.3, 0.4) is 0 Å². The van der Waals surface area contributed by atoms with Gasteiger partial charge in [-0.1, -0.05) is 18.2 Å². The molecule has 0 spiro atoms. The van der Waals surface area contributed by atoms with E-state index in [0.29, 0.717) is 5.69 Å². The van der Waals surface area contributed by atoms with Crippen molar-refractivity contribution in [3.63, 3.8) is 0 Å². The Morgan fingerprint density at radius 3 is 2.78 bits per heavy atom. The van der Waals surface area contributed by atoms with E-state index in [1.807, 2.05) is 46.5 Å². The fourth-order valence-electron chi connectivity index (χ4n) is 2.95. The maximum absolute atomic E-state index is 9.26. The van der Waals surface area contributed by atoms with Gasteiger partial charge in [0.2, 0.25) is 0 Å². The number of para-hydroxylation sites is 1. The molecule has 23 heavy (non-hydrogen) atoms. The summed E-state index contributed by atoms with van der Waals surface area (Å²) in [5, 5.41) is 18.7. The van der Waals surface area contributed by atoms with Gasteiger partial charge in [0.05, 0.1) is 5.69 Å². The standard InChI is InChI=1S/C18H9N3OS/c19-10-15-13-7-8-23-18(13)21(20-15)11-5-6-17-14(9-11)12-3-1-2-4-16(12)22-17/h1-9H. The lowest BCUT2D eigenvalue weighted by molar-refractivity contribution is 0.669. The van der Waals surface area contributed by atoms with E-state index in [0.717, 1.165) is 37.8 Å². The summed E-state index contributed by atoms with van der Waals surface area (Å²) in [6, 6.07) is 18.1. The molecule has 0 saturated carbocycles. The van der Waals surface area contributed by atoms with E-state index < -0.39 is 0 Å². The molecule has 5 heteroatoms. The van der Waals surface area contributed by atoms with Gasteiger partial charge in [-0.2, -0.15) is 10.4 Å². The predicted molar refractivity (Wildman–Crippen MR) is 90.9 cm³/mol. The summed E-state index contributed by atoms with van der Waals surface area (Å²) in [7, 11) is 0. The summed E-state index contributed by atoms with van der Waals surface area (Å²) in [4.78, 5) is 0.980. The Balaban J connectivity index is 1.84. The predicted octanol–water partition coefficient (Wildman–Crippen LogP) is 4.86. The van der Waals surface area contributed by atoms with Crippen molar-refractivity contribution < 1.29 is 4.42 Å². The molecule has 4 nitrogen and oxygen atoms in total. The Morgan fingerprint density at radius 2 is 1.87 bits per heavy atom. The first-order valence-corrected chi connectivity index (χ1v) is 8.01. The van der Waals surface area contributed by atoms with Crippen LogP contribution in [0.5, 0.6) is 0 Å². The smallest absolute Gasteiger partial charge is 0.171 e. The number of thiophene rings is 1. The first-order chi connectivity index (χ1) is 11.3. The molecule has 0 aliphatic heterocycles. The number of nitrogens with zero attached hydrogens (tertiary/aromatic N) is 3. The average Bonchev–Trinajstić information content (AvgIpc) is 3.27. The molecule has 0 radical (unpaired) electrons. The lowest BCUT2D eigenvalue weighted by Gasteiger charge is -2.01. The number of aromatic nitrogens is 2. The van der Waals surface area contributed by atoms with Crippen LogP contribution in [0.4, 0.5) is 0 Å². The Labute approximate surface area is 134 Å². The van der Waals surface area contributed by atoms with Gasteiger partial charge in [0, 0.05) is 16.2 Å². The van der Waals surface area contributed by atoms with Crippen LogP contribution >= 0.6 is 11.3 Å². The van der Waals surface area contributed by atoms with Gasteiger partial charge in [-0.15, -0.1) is 11.3 Å². The molecule has 0 aliphatic rings. The summed E-state index contributed by atoms with van der Waals surface area (Å²) >= 11 is 1.58. The fraction of sp³-hybridized carbons (Fsp3) is 0. The quantitative estimate of drug-likeness (QED) is 0.444. The number of rotatable bonds is 1. The Kier molecular flexibility index (Phi) is 2.41. The molecule has 0 bridgehead atoms. The summed E-state index contributed by atoms with van der Waals surface area (Å²) in [5.74, 6) is 0. The maximum atomic E-state index is 9.26. The Hall–Kier alpha value is -3.10. The molecule has 0 atom stereocenters. The van der Waals surface area contributed by atoms with Crippen LogP contribution in [0.1, 0.15) is 5.69 Å². The molecule has 3 aromatic heterocycles. The lowest BCUT2D eigenvalue weighted by atomic mass is 10.1. The van der Waals surface area contributed by atoms with E-state index >= 15 is 0 Å². The highest BCUT2D eigenvalue weighted by molar-refractivity contribution is 7.16. The van der Waals surface area contributed by atoms with Gasteiger partial charge in [0.15, 0.2) is 5.69 Å². The topological polar surface area (TPSA) is 54.8 Å². The first-order valence-electron chi connectivity index (χ1n) is 7.13. The van der Waals surface area contributed by atoms with E-state index in [1.165, 1.54) is 0 Å². The van der Waals surface area contributed by atoms with Gasteiger partial charge in [-0.05, 0) is 35.7 Å². The van der Waals surface area contributed by atoms with Crippen LogP contribution in [0.15, 0.2) is 58.3 Å². The first kappa shape index (κ1) is 12.4. The third-order valence-electron chi connectivity index (χ3n) is 4.00. The molecular weight excluding hydrogens is 306 g/mol. The van der Waals surface area contributed by atoms with E-state index in [9.17, 15) is 5.26 Å². The SMILES string of the molecule is N#Cc1nn(-c2ccc3oc4ccccc4c3c2)c2sccc12. The van der Waals surface area contributed by atoms with E-state index in [1.54, 1.807) is 11.3 Å². The van der Waals surface area contributed by atoms with Crippen molar-refractivity contribution >= 4 is 43.5 Å². The van der Waals surface area contributed by atoms with Crippen LogP contribution in [-0.2, 0) is 0 Å². The fourth-order valence-corrected chi connectivity index (χ4v) is 3.82. The van der Waals surface area contributed by atoms with Crippen molar-refractivity contribution in [2.45, 2.75) is 0 Å². The van der Waals surface area contributed by atoms with E-state index in [-0.39, 0.29) is 0 Å². The average molecular weight is 315 g/mol. The number of benzene rings is 2. The number of furan rings is 1. The molecule has 0 amide bonds. The van der Waals surface area contributed by atoms with Gasteiger partial charge < -0.3 is 4.42 Å². The molecule has 0 fully saturated rings. The van der Waals surface area contributed by atoms with Crippen molar-refractivity contribution in [3.8, 4) is 11.8 Å². The molecule has 0 aliphatic carbocycles. The normalized spacial score (nSPS) is 11.4. The van der Waals surface area contributed by atoms with Crippen LogP contribution in [0, 0.1) is 11.3 Å². The monoisotopic (exact) mass is 315 g/mol. The summed E-state index contributed by atoms with van der Waals surface area (Å²) in [6.07, 6.45) is 0. The van der Waals surface area contributed by atoms with Crippen LogP contribution < -0.4 is 0 Å². The van der Waals surface area contributed by atoms with Gasteiger partial charge >= 0.3 is 0 Å². The largest absolute Gasteiger partial charge is 0.456 e. The molecule has 5 aromatic rings. The molecule has 108 valence electrons. The summed E-state index contributed by atoms with van der Waals surface area (Å²) < 4.78 is 7.70. The molecular formula is C18H9N3OS. The zero-order valence-corrected chi connectivity index (χ0v) is 12.7. The summed E-state index contributed by atoms with van der Waals surface area (Å²) in [5.41, 5.74) is 3.11. The highest BCUT2D eigenvalue weighted by Crippen LogP contribution is 2.32. The second-order valence-corrected chi connectivity index (χ2v) is 6.18. The Morgan fingerprint density at radius 1 is 1.00 bits per heavy atom. The van der Waals surface area contributed by atoms with Crippen molar-refractivity contribution in [2.75, 3.05) is 0 Å². The second-order valence-electron chi connectivity index (χ2n) is 5.29. The van der Waals surface area contributed by atoms with Crippen molar-refractivity contribution in [1.29, 1.82) is 5.26 Å². The number of hydrogen-bond acceptors (Lipinski definition) is 4. The minimum Gasteiger partial charge on any atom is -0.456 e. The van der Waals surface area contributed by atoms with Crippen molar-refractivity contribution in [2.24, 2.45) is 0 Å². The molecule has 0 unspecified atom stereocenters. The highest BCUT2D eigenvalue weighted by atomic mass is 32.1. The number of hydrogen-bond donors (Lipinski definition) is 0. The molecule has 2 aromatic carbocycles. The van der Waals surface area contributed by atoms with Crippen LogP contribution in [-0.4, -0.2) is 9.78 Å². The molecule has 0 N–H and O–H groups in total. The molecule has 3 heterocycles. The summed E-state index contributed by atoms with van der Waals surface area (Å²) in [6.45, 7) is 0. The lowest BCUT2D eigenvalue weighted by Crippen LogP contribution is -1.95. The third kappa shape index (κ3) is 1.67. The van der Waals surface area contributed by atoms with Gasteiger partial charge in [0.25, 0.3) is 0 Å². The van der Waals surface area contributed by atoms with Gasteiger partial charge in [-0.25, -0.2) is 4.68 Å². The minimum atomic E-state index is 0.457. The van der Waals surface area contributed by atoms with E-state index in [4.69, 9.17) is 4.42 Å². The highest BCUT2D eigenvalue weighted by Gasteiger charge is 2.14. The van der Waals surface area contributed by atoms with Crippen LogP contribution in [0.2, 0.25) is 0 Å². The second kappa shape index (κ2) is 4.45. The molecule has 0 saturated heterocycles. The molecule has 5 rings (SSSR count). The third-order valence-corrected chi connectivity index (χ3v) is 4.89. The number of nitriles is 1. The van der Waals surface area contributed by atoms with Crippen molar-refractivity contribution in [3.05, 3.63) is 59.6 Å². The van der Waals surface area contributed by atoms with E-state index in [2.05, 4.69) is 23.3 Å². The zero-order valence-electron chi connectivity index (χ0n) is 11.9. The maximum Gasteiger partial charge on any atom is 0.171 e. The van der Waals surface area contributed by atoms with Crippen molar-refractivity contribution in [1.82, 2.24) is 9.78 Å². The van der Waals surface area contributed by atoms with Crippen LogP contribution in [0.25, 0.3) is 37.8 Å². The van der Waals surface area contributed by atoms with Gasteiger partial charge in [-0.3, -0.25) is 0 Å². The number of fused-ring (bicyclic) bond motifs is 4. The Bertz CT molecular complexity index is 1240.